The number of nitrogens with one attached hydrogen (secondary N) is 1. The number of rotatable bonds is 5. The summed E-state index contributed by atoms with van der Waals surface area (Å²) in [5, 5.41) is 4.65. The molecule has 4 rings (SSSR count). The largest absolute Gasteiger partial charge is 0.352 e. The number of benzene rings is 1. The standard InChI is InChI=1S/C21H24ClN3O2/c22-20-15-5-1-2-6-17(15)24-18-13-14(8-9-16(18)20)21(27)23-10-4-12-25-11-3-7-19(25)26/h8-9,13H,1-7,10-12H2,(H,23,27). The molecule has 2 amide bonds. The normalized spacial score (nSPS) is 16.6. The van der Waals surface area contributed by atoms with Crippen molar-refractivity contribution in [2.75, 3.05) is 19.6 Å². The fourth-order valence-corrected chi connectivity index (χ4v) is 4.39. The third-order valence-corrected chi connectivity index (χ3v) is 5.95. The first kappa shape index (κ1) is 18.2. The van der Waals surface area contributed by atoms with Crippen molar-refractivity contribution >= 4 is 34.3 Å². The Kier molecular flexibility index (Phi) is 5.30. The number of likely N-dealkylation sites (tertiary alicyclic amines) is 1. The van der Waals surface area contributed by atoms with Gasteiger partial charge in [-0.15, -0.1) is 0 Å². The lowest BCUT2D eigenvalue weighted by Crippen LogP contribution is -2.30. The summed E-state index contributed by atoms with van der Waals surface area (Å²) in [7, 11) is 0. The van der Waals surface area contributed by atoms with E-state index < -0.39 is 0 Å². The topological polar surface area (TPSA) is 62.3 Å². The smallest absolute Gasteiger partial charge is 0.251 e. The van der Waals surface area contributed by atoms with Crippen molar-refractivity contribution in [3.63, 3.8) is 0 Å². The second-order valence-corrected chi connectivity index (χ2v) is 7.76. The second-order valence-electron chi connectivity index (χ2n) is 7.38. The first-order valence-corrected chi connectivity index (χ1v) is 10.2. The van der Waals surface area contributed by atoms with Gasteiger partial charge in [-0.3, -0.25) is 14.6 Å². The Morgan fingerprint density at radius 2 is 2.04 bits per heavy atom. The molecule has 0 radical (unpaired) electrons. The average Bonchev–Trinajstić information content (AvgIpc) is 3.09. The molecule has 1 aromatic heterocycles. The van der Waals surface area contributed by atoms with Crippen LogP contribution in [0.1, 0.15) is 53.7 Å². The third-order valence-electron chi connectivity index (χ3n) is 5.52. The van der Waals surface area contributed by atoms with Crippen LogP contribution in [0.5, 0.6) is 0 Å². The minimum Gasteiger partial charge on any atom is -0.352 e. The van der Waals surface area contributed by atoms with Gasteiger partial charge in [-0.05, 0) is 56.2 Å². The molecular formula is C21H24ClN3O2. The molecule has 27 heavy (non-hydrogen) atoms. The first-order valence-electron chi connectivity index (χ1n) is 9.80. The summed E-state index contributed by atoms with van der Waals surface area (Å²) in [4.78, 5) is 30.7. The Morgan fingerprint density at radius 1 is 1.19 bits per heavy atom. The fourth-order valence-electron chi connectivity index (χ4n) is 4.02. The number of aryl methyl sites for hydroxylation is 1. The summed E-state index contributed by atoms with van der Waals surface area (Å²) in [6.45, 7) is 2.10. The maximum Gasteiger partial charge on any atom is 0.251 e. The Balaban J connectivity index is 1.42. The van der Waals surface area contributed by atoms with Crippen molar-refractivity contribution in [2.24, 2.45) is 0 Å². The van der Waals surface area contributed by atoms with E-state index in [0.717, 1.165) is 66.7 Å². The van der Waals surface area contributed by atoms with E-state index in [1.807, 2.05) is 23.1 Å². The first-order chi connectivity index (χ1) is 13.1. The molecule has 0 atom stereocenters. The molecule has 0 bridgehead atoms. The van der Waals surface area contributed by atoms with E-state index in [-0.39, 0.29) is 11.8 Å². The number of pyridine rings is 1. The summed E-state index contributed by atoms with van der Waals surface area (Å²) < 4.78 is 0. The van der Waals surface area contributed by atoms with Crippen molar-refractivity contribution in [1.82, 2.24) is 15.2 Å². The van der Waals surface area contributed by atoms with Gasteiger partial charge < -0.3 is 10.2 Å². The quantitative estimate of drug-likeness (QED) is 0.801. The molecule has 1 fully saturated rings. The molecule has 1 aliphatic heterocycles. The van der Waals surface area contributed by atoms with Crippen LogP contribution >= 0.6 is 11.6 Å². The lowest BCUT2D eigenvalue weighted by atomic mass is 9.94. The van der Waals surface area contributed by atoms with Gasteiger partial charge in [0.15, 0.2) is 0 Å². The highest BCUT2D eigenvalue weighted by molar-refractivity contribution is 6.36. The summed E-state index contributed by atoms with van der Waals surface area (Å²) in [5.74, 6) is 0.113. The number of hydrogen-bond acceptors (Lipinski definition) is 3. The van der Waals surface area contributed by atoms with Gasteiger partial charge in [0.05, 0.1) is 10.5 Å². The van der Waals surface area contributed by atoms with Gasteiger partial charge >= 0.3 is 0 Å². The van der Waals surface area contributed by atoms with Crippen LogP contribution in [0.4, 0.5) is 0 Å². The summed E-state index contributed by atoms with van der Waals surface area (Å²) in [6.07, 6.45) is 6.60. The number of fused-ring (bicyclic) bond motifs is 2. The predicted molar refractivity (Wildman–Crippen MR) is 106 cm³/mol. The highest BCUT2D eigenvalue weighted by Gasteiger charge is 2.20. The van der Waals surface area contributed by atoms with Crippen molar-refractivity contribution in [3.8, 4) is 0 Å². The Bertz CT molecular complexity index is 897. The molecule has 2 aliphatic rings. The number of hydrogen-bond donors (Lipinski definition) is 1. The SMILES string of the molecule is O=C(NCCCN1CCCC1=O)c1ccc2c(Cl)c3c(nc2c1)CCCC3. The van der Waals surface area contributed by atoms with Crippen LogP contribution in [0.25, 0.3) is 10.9 Å². The minimum atomic E-state index is -0.111. The zero-order valence-electron chi connectivity index (χ0n) is 15.4. The molecule has 0 spiro atoms. The second kappa shape index (κ2) is 7.85. The van der Waals surface area contributed by atoms with E-state index in [0.29, 0.717) is 25.1 Å². The highest BCUT2D eigenvalue weighted by Crippen LogP contribution is 2.33. The molecule has 0 unspecified atom stereocenters. The predicted octanol–water partition coefficient (Wildman–Crippen LogP) is 3.51. The molecule has 1 saturated heterocycles. The molecule has 142 valence electrons. The Morgan fingerprint density at radius 3 is 2.85 bits per heavy atom. The van der Waals surface area contributed by atoms with Crippen LogP contribution in [0.3, 0.4) is 0 Å². The molecule has 2 aromatic rings. The van der Waals surface area contributed by atoms with E-state index in [9.17, 15) is 9.59 Å². The van der Waals surface area contributed by atoms with Gasteiger partial charge in [-0.1, -0.05) is 17.7 Å². The molecule has 1 aromatic carbocycles. The number of carbonyl (C=O) groups excluding carboxylic acids is 2. The van der Waals surface area contributed by atoms with E-state index in [1.54, 1.807) is 0 Å². The Hall–Kier alpha value is -2.14. The number of halogens is 1. The third kappa shape index (κ3) is 3.79. The van der Waals surface area contributed by atoms with Crippen LogP contribution < -0.4 is 5.32 Å². The van der Waals surface area contributed by atoms with Crippen molar-refractivity contribution in [2.45, 2.75) is 44.9 Å². The van der Waals surface area contributed by atoms with Crippen molar-refractivity contribution in [1.29, 1.82) is 0 Å². The van der Waals surface area contributed by atoms with E-state index in [4.69, 9.17) is 16.6 Å². The van der Waals surface area contributed by atoms with E-state index >= 15 is 0 Å². The number of aromatic nitrogens is 1. The molecule has 0 saturated carbocycles. The lowest BCUT2D eigenvalue weighted by molar-refractivity contribution is -0.127. The van der Waals surface area contributed by atoms with E-state index in [2.05, 4.69) is 5.32 Å². The molecule has 2 heterocycles. The molecule has 1 N–H and O–H groups in total. The minimum absolute atomic E-state index is 0.111. The van der Waals surface area contributed by atoms with Crippen LogP contribution in [0.2, 0.25) is 5.02 Å². The zero-order valence-corrected chi connectivity index (χ0v) is 16.1. The summed E-state index contributed by atoms with van der Waals surface area (Å²) >= 11 is 6.60. The lowest BCUT2D eigenvalue weighted by Gasteiger charge is -2.18. The number of amides is 2. The maximum atomic E-state index is 12.5. The molecule has 6 heteroatoms. The summed E-state index contributed by atoms with van der Waals surface area (Å²) in [6, 6.07) is 5.54. The van der Waals surface area contributed by atoms with Crippen molar-refractivity contribution < 1.29 is 9.59 Å². The van der Waals surface area contributed by atoms with Crippen LogP contribution in [0, 0.1) is 0 Å². The summed E-state index contributed by atoms with van der Waals surface area (Å²) in [5.41, 5.74) is 3.63. The fraction of sp³-hybridized carbons (Fsp3) is 0.476. The average molecular weight is 386 g/mol. The number of nitrogens with zero attached hydrogens (tertiary/aromatic N) is 2. The van der Waals surface area contributed by atoms with Gasteiger partial charge in [0, 0.05) is 42.7 Å². The van der Waals surface area contributed by atoms with Gasteiger partial charge in [0.2, 0.25) is 5.91 Å². The van der Waals surface area contributed by atoms with Crippen LogP contribution in [0.15, 0.2) is 18.2 Å². The monoisotopic (exact) mass is 385 g/mol. The molecule has 5 nitrogen and oxygen atoms in total. The zero-order chi connectivity index (χ0) is 18.8. The van der Waals surface area contributed by atoms with E-state index in [1.165, 1.54) is 5.56 Å². The Labute approximate surface area is 164 Å². The highest BCUT2D eigenvalue weighted by atomic mass is 35.5. The molecular weight excluding hydrogens is 362 g/mol. The van der Waals surface area contributed by atoms with Crippen LogP contribution in [-0.2, 0) is 17.6 Å². The number of carbonyl (C=O) groups is 2. The maximum absolute atomic E-state index is 12.5. The van der Waals surface area contributed by atoms with Gasteiger partial charge in [-0.25, -0.2) is 0 Å². The van der Waals surface area contributed by atoms with Crippen LogP contribution in [-0.4, -0.2) is 41.3 Å². The van der Waals surface area contributed by atoms with Gasteiger partial charge in [0.25, 0.3) is 5.91 Å². The van der Waals surface area contributed by atoms with Crippen molar-refractivity contribution in [3.05, 3.63) is 40.0 Å². The van der Waals surface area contributed by atoms with Gasteiger partial charge in [-0.2, -0.15) is 0 Å². The van der Waals surface area contributed by atoms with Gasteiger partial charge in [0.1, 0.15) is 0 Å². The molecule has 1 aliphatic carbocycles.